The number of hydrogen-bond donors (Lipinski definition) is 0. The molecule has 0 unspecified atom stereocenters. The number of halogens is 1. The van der Waals surface area contributed by atoms with Crippen LogP contribution in [0.25, 0.3) is 0 Å². The van der Waals surface area contributed by atoms with Crippen LogP contribution in [0.1, 0.15) is 24.7 Å². The third kappa shape index (κ3) is 3.99. The first kappa shape index (κ1) is 18.1. The topological polar surface area (TPSA) is 99.1 Å². The van der Waals surface area contributed by atoms with Gasteiger partial charge in [0.1, 0.15) is 0 Å². The molecule has 0 aliphatic heterocycles. The molecule has 0 aliphatic rings. The summed E-state index contributed by atoms with van der Waals surface area (Å²) in [7, 11) is 1.72. The summed E-state index contributed by atoms with van der Waals surface area (Å²) in [5, 5.41) is 18.8. The van der Waals surface area contributed by atoms with Crippen LogP contribution in [-0.4, -0.2) is 42.3 Å². The summed E-state index contributed by atoms with van der Waals surface area (Å²) in [5.74, 6) is -0.271. The minimum absolute atomic E-state index is 0.0664. The average molecular weight is 399 g/mol. The maximum atomic E-state index is 12.3. The summed E-state index contributed by atoms with van der Waals surface area (Å²) < 4.78 is 4.17. The minimum atomic E-state index is -0.541. The molecule has 2 rings (SSSR count). The zero-order valence-corrected chi connectivity index (χ0v) is 15.4. The molecule has 0 aromatic carbocycles. The molecule has 0 saturated heterocycles. The Morgan fingerprint density at radius 1 is 1.46 bits per heavy atom. The average Bonchev–Trinajstić information content (AvgIpc) is 3.08. The molecule has 24 heavy (non-hydrogen) atoms. The highest BCUT2D eigenvalue weighted by Gasteiger charge is 2.18. The van der Waals surface area contributed by atoms with Crippen molar-refractivity contribution in [3.63, 3.8) is 0 Å². The van der Waals surface area contributed by atoms with Gasteiger partial charge in [0.05, 0.1) is 46.3 Å². The van der Waals surface area contributed by atoms with E-state index in [0.29, 0.717) is 18.8 Å². The summed E-state index contributed by atoms with van der Waals surface area (Å²) in [4.78, 5) is 24.1. The van der Waals surface area contributed by atoms with Crippen molar-refractivity contribution in [2.75, 3.05) is 7.05 Å². The van der Waals surface area contributed by atoms with Gasteiger partial charge >= 0.3 is 5.82 Å². The molecule has 0 N–H and O–H groups in total. The Hall–Kier alpha value is -2.23. The van der Waals surface area contributed by atoms with Crippen LogP contribution in [0.4, 0.5) is 5.82 Å². The van der Waals surface area contributed by atoms with Crippen molar-refractivity contribution in [3.8, 4) is 0 Å². The smallest absolute Gasteiger partial charge is 0.358 e. The summed E-state index contributed by atoms with van der Waals surface area (Å²) in [5.41, 5.74) is 1.59. The monoisotopic (exact) mass is 398 g/mol. The van der Waals surface area contributed by atoms with Crippen LogP contribution in [0, 0.1) is 17.0 Å². The molecule has 0 radical (unpaired) electrons. The molecule has 1 amide bonds. The molecule has 0 aliphatic carbocycles. The molecule has 2 aromatic heterocycles. The quantitative estimate of drug-likeness (QED) is 0.525. The van der Waals surface area contributed by atoms with Gasteiger partial charge in [0.15, 0.2) is 0 Å². The van der Waals surface area contributed by atoms with E-state index in [9.17, 15) is 14.9 Å². The van der Waals surface area contributed by atoms with E-state index < -0.39 is 4.92 Å². The van der Waals surface area contributed by atoms with Gasteiger partial charge in [-0.3, -0.25) is 9.48 Å². The first-order chi connectivity index (χ1) is 11.3. The molecule has 0 atom stereocenters. The minimum Gasteiger partial charge on any atom is -0.358 e. The van der Waals surface area contributed by atoms with E-state index in [4.69, 9.17) is 0 Å². The van der Waals surface area contributed by atoms with Crippen molar-refractivity contribution in [1.82, 2.24) is 24.5 Å². The lowest BCUT2D eigenvalue weighted by molar-refractivity contribution is -0.389. The van der Waals surface area contributed by atoms with Crippen molar-refractivity contribution >= 4 is 27.7 Å². The van der Waals surface area contributed by atoms with Crippen molar-refractivity contribution in [3.05, 3.63) is 38.2 Å². The fourth-order valence-electron chi connectivity index (χ4n) is 2.33. The third-order valence-electron chi connectivity index (χ3n) is 3.70. The lowest BCUT2D eigenvalue weighted by Gasteiger charge is -2.18. The van der Waals surface area contributed by atoms with Crippen LogP contribution >= 0.6 is 15.9 Å². The second-order valence-corrected chi connectivity index (χ2v) is 6.23. The molecule has 10 heteroatoms. The molecule has 0 saturated carbocycles. The van der Waals surface area contributed by atoms with Gasteiger partial charge in [-0.2, -0.15) is 9.78 Å². The van der Waals surface area contributed by atoms with E-state index in [0.717, 1.165) is 16.7 Å². The van der Waals surface area contributed by atoms with E-state index in [1.807, 2.05) is 11.6 Å². The summed E-state index contributed by atoms with van der Waals surface area (Å²) >= 11 is 3.44. The lowest BCUT2D eigenvalue weighted by Crippen LogP contribution is -2.28. The van der Waals surface area contributed by atoms with Crippen LogP contribution in [-0.2, 0) is 24.4 Å². The number of nitrogens with zero attached hydrogens (tertiary/aromatic N) is 6. The van der Waals surface area contributed by atoms with Gasteiger partial charge in [0, 0.05) is 20.0 Å². The van der Waals surface area contributed by atoms with Gasteiger partial charge in [0.25, 0.3) is 0 Å². The van der Waals surface area contributed by atoms with Crippen molar-refractivity contribution in [2.45, 2.75) is 39.9 Å². The summed E-state index contributed by atoms with van der Waals surface area (Å²) in [6.07, 6.45) is 1.93. The molecule has 2 aromatic rings. The van der Waals surface area contributed by atoms with Crippen molar-refractivity contribution < 1.29 is 9.72 Å². The number of aromatic nitrogens is 4. The fourth-order valence-corrected chi connectivity index (χ4v) is 2.75. The number of rotatable bonds is 7. The Bertz CT molecular complexity index is 754. The SMILES string of the molecule is CCn1ncc(Br)c1CN(C)C(=O)CCn1nc([N+](=O)[O-])cc1C. The standard InChI is InChI=1S/C14H19BrN6O3/c1-4-19-12(11(15)8-16-19)9-18(3)14(22)5-6-20-10(2)7-13(17-20)21(23)24/h7-8H,4-6,9H2,1-3H3. The Labute approximate surface area is 147 Å². The van der Waals surface area contributed by atoms with Crippen molar-refractivity contribution in [2.24, 2.45) is 0 Å². The van der Waals surface area contributed by atoms with Gasteiger partial charge in [-0.15, -0.1) is 0 Å². The molecule has 9 nitrogen and oxygen atoms in total. The van der Waals surface area contributed by atoms with Gasteiger partial charge in [-0.1, -0.05) is 0 Å². The van der Waals surface area contributed by atoms with Crippen LogP contribution in [0.5, 0.6) is 0 Å². The van der Waals surface area contributed by atoms with Gasteiger partial charge in [0.2, 0.25) is 5.91 Å². The maximum Gasteiger partial charge on any atom is 0.390 e. The van der Waals surface area contributed by atoms with Crippen LogP contribution < -0.4 is 0 Å². The van der Waals surface area contributed by atoms with Crippen LogP contribution in [0.15, 0.2) is 16.7 Å². The number of nitro groups is 1. The highest BCUT2D eigenvalue weighted by molar-refractivity contribution is 9.10. The second kappa shape index (κ2) is 7.56. The third-order valence-corrected chi connectivity index (χ3v) is 4.37. The molecular formula is C14H19BrN6O3. The van der Waals surface area contributed by atoms with E-state index >= 15 is 0 Å². The Morgan fingerprint density at radius 3 is 2.75 bits per heavy atom. The highest BCUT2D eigenvalue weighted by atomic mass is 79.9. The Balaban J connectivity index is 1.97. The number of amides is 1. The first-order valence-electron chi connectivity index (χ1n) is 7.46. The highest BCUT2D eigenvalue weighted by Crippen LogP contribution is 2.18. The van der Waals surface area contributed by atoms with Gasteiger partial charge in [-0.05, 0) is 34.7 Å². The fraction of sp³-hybridized carbons (Fsp3) is 0.500. The van der Waals surface area contributed by atoms with Crippen LogP contribution in [0.3, 0.4) is 0 Å². The number of aryl methyl sites for hydroxylation is 3. The van der Waals surface area contributed by atoms with Crippen LogP contribution in [0.2, 0.25) is 0 Å². The Morgan fingerprint density at radius 2 is 2.17 bits per heavy atom. The molecule has 130 valence electrons. The van der Waals surface area contributed by atoms with E-state index in [2.05, 4.69) is 26.1 Å². The zero-order chi connectivity index (χ0) is 17.9. The number of carbonyl (C=O) groups excluding carboxylic acids is 1. The second-order valence-electron chi connectivity index (χ2n) is 5.38. The van der Waals surface area contributed by atoms with Gasteiger partial charge in [-0.25, -0.2) is 0 Å². The number of carbonyl (C=O) groups is 1. The molecule has 2 heterocycles. The summed E-state index contributed by atoms with van der Waals surface area (Å²) in [6, 6.07) is 1.39. The maximum absolute atomic E-state index is 12.3. The van der Waals surface area contributed by atoms with E-state index in [-0.39, 0.29) is 18.1 Å². The van der Waals surface area contributed by atoms with Gasteiger partial charge < -0.3 is 15.0 Å². The predicted octanol–water partition coefficient (Wildman–Crippen LogP) is 2.13. The molecular weight excluding hydrogens is 380 g/mol. The predicted molar refractivity (Wildman–Crippen MR) is 90.3 cm³/mol. The van der Waals surface area contributed by atoms with E-state index in [1.165, 1.54) is 10.7 Å². The molecule has 0 bridgehead atoms. The van der Waals surface area contributed by atoms with E-state index in [1.54, 1.807) is 25.1 Å². The largest absolute Gasteiger partial charge is 0.390 e. The lowest BCUT2D eigenvalue weighted by atomic mass is 10.3. The zero-order valence-electron chi connectivity index (χ0n) is 13.8. The first-order valence-corrected chi connectivity index (χ1v) is 8.25. The number of hydrogen-bond acceptors (Lipinski definition) is 5. The molecule has 0 spiro atoms. The van der Waals surface area contributed by atoms with Crippen molar-refractivity contribution in [1.29, 1.82) is 0 Å². The Kier molecular flexibility index (Phi) is 5.71. The molecule has 0 fully saturated rings. The summed E-state index contributed by atoms with van der Waals surface area (Å²) in [6.45, 7) is 5.17. The normalized spacial score (nSPS) is 10.8.